The number of hydrogen-bond donors (Lipinski definition) is 2. The van der Waals surface area contributed by atoms with Crippen LogP contribution in [0.15, 0.2) is 12.1 Å². The van der Waals surface area contributed by atoms with E-state index in [0.29, 0.717) is 11.3 Å². The number of alkyl halides is 3. The Morgan fingerprint density at radius 3 is 2.35 bits per heavy atom. The molecular weight excluding hydrogens is 257 g/mol. The molecule has 1 fully saturated rings. The Morgan fingerprint density at radius 2 is 2.00 bits per heavy atom. The average Bonchev–Trinajstić information content (AvgIpc) is 2.59. The summed E-state index contributed by atoms with van der Waals surface area (Å²) in [6.07, 6.45) is -5.26. The minimum atomic E-state index is -4.45. The third kappa shape index (κ3) is 1.93. The second kappa shape index (κ2) is 3.71. The Kier molecular flexibility index (Phi) is 2.70. The SMILES string of the molecule is O=C(O)C1(c2ccc(C(F)(F)F)s2)CC(O)C1. The zero-order chi connectivity index (χ0) is 12.8. The summed E-state index contributed by atoms with van der Waals surface area (Å²) >= 11 is 0.436. The Bertz CT molecular complexity index is 446. The van der Waals surface area contributed by atoms with Gasteiger partial charge in [-0.15, -0.1) is 11.3 Å². The average molecular weight is 266 g/mol. The van der Waals surface area contributed by atoms with Crippen molar-refractivity contribution in [3.8, 4) is 0 Å². The topological polar surface area (TPSA) is 57.5 Å². The number of carbonyl (C=O) groups is 1. The second-order valence-electron chi connectivity index (χ2n) is 4.11. The molecule has 0 radical (unpaired) electrons. The summed E-state index contributed by atoms with van der Waals surface area (Å²) in [6.45, 7) is 0. The van der Waals surface area contributed by atoms with Gasteiger partial charge in [-0.2, -0.15) is 13.2 Å². The molecule has 0 unspecified atom stereocenters. The Labute approximate surface area is 98.5 Å². The molecule has 1 aliphatic carbocycles. The van der Waals surface area contributed by atoms with E-state index >= 15 is 0 Å². The molecule has 7 heteroatoms. The highest BCUT2D eigenvalue weighted by molar-refractivity contribution is 7.12. The van der Waals surface area contributed by atoms with Crippen molar-refractivity contribution in [2.45, 2.75) is 30.5 Å². The van der Waals surface area contributed by atoms with Gasteiger partial charge in [-0.1, -0.05) is 0 Å². The minimum Gasteiger partial charge on any atom is -0.481 e. The van der Waals surface area contributed by atoms with Gasteiger partial charge in [0.25, 0.3) is 0 Å². The Hall–Kier alpha value is -1.08. The lowest BCUT2D eigenvalue weighted by atomic mass is 9.66. The molecule has 1 aromatic rings. The van der Waals surface area contributed by atoms with Crippen molar-refractivity contribution in [2.24, 2.45) is 0 Å². The van der Waals surface area contributed by atoms with Crippen LogP contribution in [0.4, 0.5) is 13.2 Å². The predicted molar refractivity (Wildman–Crippen MR) is 53.9 cm³/mol. The van der Waals surface area contributed by atoms with Gasteiger partial charge in [-0.05, 0) is 25.0 Å². The fourth-order valence-electron chi connectivity index (χ4n) is 1.97. The van der Waals surface area contributed by atoms with Crippen molar-refractivity contribution >= 4 is 17.3 Å². The van der Waals surface area contributed by atoms with Crippen molar-refractivity contribution in [1.29, 1.82) is 0 Å². The van der Waals surface area contributed by atoms with Crippen molar-refractivity contribution in [3.63, 3.8) is 0 Å². The van der Waals surface area contributed by atoms with Crippen LogP contribution in [0, 0.1) is 0 Å². The van der Waals surface area contributed by atoms with Crippen LogP contribution >= 0.6 is 11.3 Å². The molecule has 0 saturated heterocycles. The summed E-state index contributed by atoms with van der Waals surface area (Å²) in [5, 5.41) is 18.3. The summed E-state index contributed by atoms with van der Waals surface area (Å²) in [5.74, 6) is -1.18. The van der Waals surface area contributed by atoms with Gasteiger partial charge in [0, 0.05) is 4.88 Å². The van der Waals surface area contributed by atoms with Crippen LogP contribution in [0.3, 0.4) is 0 Å². The molecule has 0 atom stereocenters. The first kappa shape index (κ1) is 12.4. The van der Waals surface area contributed by atoms with Crippen LogP contribution in [-0.2, 0) is 16.4 Å². The molecule has 2 N–H and O–H groups in total. The molecule has 0 aromatic carbocycles. The first-order valence-corrected chi connectivity index (χ1v) is 5.66. The maximum atomic E-state index is 12.4. The molecule has 0 bridgehead atoms. The van der Waals surface area contributed by atoms with Gasteiger partial charge < -0.3 is 10.2 Å². The molecule has 0 spiro atoms. The highest BCUT2D eigenvalue weighted by Gasteiger charge is 2.53. The maximum absolute atomic E-state index is 12.4. The molecule has 0 aliphatic heterocycles. The summed E-state index contributed by atoms with van der Waals surface area (Å²) in [6, 6.07) is 2.07. The summed E-state index contributed by atoms with van der Waals surface area (Å²) in [4.78, 5) is 10.5. The number of carboxylic acid groups (broad SMARTS) is 1. The van der Waals surface area contributed by atoms with Crippen LogP contribution in [0.1, 0.15) is 22.6 Å². The van der Waals surface area contributed by atoms with E-state index in [1.807, 2.05) is 0 Å². The number of halogens is 3. The summed E-state index contributed by atoms with van der Waals surface area (Å²) < 4.78 is 37.2. The fraction of sp³-hybridized carbons (Fsp3) is 0.500. The number of aliphatic hydroxyl groups excluding tert-OH is 1. The Morgan fingerprint density at radius 1 is 1.41 bits per heavy atom. The molecular formula is C10H9F3O3S. The van der Waals surface area contributed by atoms with E-state index < -0.39 is 28.5 Å². The summed E-state index contributed by atoms with van der Waals surface area (Å²) in [5.41, 5.74) is -1.34. The number of aliphatic hydroxyl groups is 1. The normalized spacial score (nSPS) is 28.8. The first-order valence-electron chi connectivity index (χ1n) is 4.85. The van der Waals surface area contributed by atoms with E-state index in [1.54, 1.807) is 0 Å². The quantitative estimate of drug-likeness (QED) is 0.863. The number of carboxylic acids is 1. The monoisotopic (exact) mass is 266 g/mol. The van der Waals surface area contributed by atoms with Gasteiger partial charge in [-0.25, -0.2) is 0 Å². The van der Waals surface area contributed by atoms with E-state index in [9.17, 15) is 23.1 Å². The molecule has 3 nitrogen and oxygen atoms in total. The van der Waals surface area contributed by atoms with Gasteiger partial charge in [0.1, 0.15) is 10.3 Å². The highest BCUT2D eigenvalue weighted by Crippen LogP contribution is 2.48. The second-order valence-corrected chi connectivity index (χ2v) is 5.19. The van der Waals surface area contributed by atoms with Gasteiger partial charge in [0.2, 0.25) is 0 Å². The van der Waals surface area contributed by atoms with Gasteiger partial charge in [0.15, 0.2) is 0 Å². The highest BCUT2D eigenvalue weighted by atomic mass is 32.1. The molecule has 1 heterocycles. The minimum absolute atomic E-state index is 0.0276. The van der Waals surface area contributed by atoms with Crippen LogP contribution < -0.4 is 0 Å². The predicted octanol–water partition coefficient (Wildman–Crippen LogP) is 2.24. The molecule has 1 aliphatic rings. The van der Waals surface area contributed by atoms with Crippen molar-refractivity contribution in [1.82, 2.24) is 0 Å². The number of rotatable bonds is 2. The van der Waals surface area contributed by atoms with Gasteiger partial charge in [-0.3, -0.25) is 4.79 Å². The van der Waals surface area contributed by atoms with Gasteiger partial charge in [0.05, 0.1) is 6.10 Å². The fourth-order valence-corrected chi connectivity index (χ4v) is 3.05. The van der Waals surface area contributed by atoms with E-state index in [2.05, 4.69) is 0 Å². The third-order valence-electron chi connectivity index (χ3n) is 2.93. The van der Waals surface area contributed by atoms with Crippen molar-refractivity contribution in [2.75, 3.05) is 0 Å². The largest absolute Gasteiger partial charge is 0.481 e. The standard InChI is InChI=1S/C10H9F3O3S/c11-10(12,13)7-2-1-6(17-7)9(8(15)16)3-5(14)4-9/h1-2,5,14H,3-4H2,(H,15,16). The lowest BCUT2D eigenvalue weighted by molar-refractivity contribution is -0.152. The number of aliphatic carboxylic acids is 1. The van der Waals surface area contributed by atoms with Crippen LogP contribution in [0.2, 0.25) is 0 Å². The van der Waals surface area contributed by atoms with E-state index in [1.165, 1.54) is 6.07 Å². The third-order valence-corrected chi connectivity index (χ3v) is 4.27. The van der Waals surface area contributed by atoms with E-state index in [0.717, 1.165) is 6.07 Å². The van der Waals surface area contributed by atoms with E-state index in [4.69, 9.17) is 5.11 Å². The smallest absolute Gasteiger partial charge is 0.425 e. The zero-order valence-electron chi connectivity index (χ0n) is 8.49. The van der Waals surface area contributed by atoms with Crippen LogP contribution in [0.25, 0.3) is 0 Å². The number of thiophene rings is 1. The van der Waals surface area contributed by atoms with Gasteiger partial charge >= 0.3 is 12.1 Å². The van der Waals surface area contributed by atoms with E-state index in [-0.39, 0.29) is 17.7 Å². The van der Waals surface area contributed by atoms with Crippen LogP contribution in [-0.4, -0.2) is 22.3 Å². The first-order chi connectivity index (χ1) is 7.75. The van der Waals surface area contributed by atoms with Crippen LogP contribution in [0.5, 0.6) is 0 Å². The maximum Gasteiger partial charge on any atom is 0.425 e. The van der Waals surface area contributed by atoms with Crippen molar-refractivity contribution < 1.29 is 28.2 Å². The molecule has 94 valence electrons. The molecule has 1 saturated carbocycles. The molecule has 0 amide bonds. The lowest BCUT2D eigenvalue weighted by Crippen LogP contribution is -2.50. The molecule has 2 rings (SSSR count). The molecule has 17 heavy (non-hydrogen) atoms. The summed E-state index contributed by atoms with van der Waals surface area (Å²) in [7, 11) is 0. The van der Waals surface area contributed by atoms with Crippen molar-refractivity contribution in [3.05, 3.63) is 21.9 Å². The molecule has 1 aromatic heterocycles. The zero-order valence-corrected chi connectivity index (χ0v) is 9.31. The Balaban J connectivity index is 2.34. The lowest BCUT2D eigenvalue weighted by Gasteiger charge is -2.40. The number of hydrogen-bond acceptors (Lipinski definition) is 3.